The van der Waals surface area contributed by atoms with Crippen molar-refractivity contribution in [2.24, 2.45) is 0 Å². The van der Waals surface area contributed by atoms with Crippen LogP contribution in [0.1, 0.15) is 76.0 Å². The normalized spacial score (nSPS) is 11.8. The van der Waals surface area contributed by atoms with Crippen LogP contribution in [0.15, 0.2) is 12.1 Å². The third-order valence-corrected chi connectivity index (χ3v) is 3.42. The lowest BCUT2D eigenvalue weighted by Gasteiger charge is -2.20. The Morgan fingerprint density at radius 1 is 0.750 bits per heavy atom. The Hall–Kier alpha value is -0.715. The second-order valence-electron chi connectivity index (χ2n) is 5.79. The molecule has 0 amide bonds. The number of hydrogen-bond acceptors (Lipinski definition) is 0. The molecule has 1 aromatic carbocycles. The Morgan fingerprint density at radius 2 is 1.12 bits per heavy atom. The molecule has 0 heterocycles. The van der Waals surface area contributed by atoms with Gasteiger partial charge >= 0.3 is 0 Å². The summed E-state index contributed by atoms with van der Waals surface area (Å²) in [6, 6.07) is 4.80. The van der Waals surface area contributed by atoms with Gasteiger partial charge in [-0.05, 0) is 23.3 Å². The summed E-state index contributed by atoms with van der Waals surface area (Å²) in [7, 11) is 2.27. The van der Waals surface area contributed by atoms with Gasteiger partial charge in [0.1, 0.15) is 7.85 Å². The average Bonchev–Trinajstić information content (AvgIpc) is 2.16. The quantitative estimate of drug-likeness (QED) is 0.680. The Balaban J connectivity index is 3.39. The number of hydrogen-bond donors (Lipinski definition) is 0. The van der Waals surface area contributed by atoms with Gasteiger partial charge in [0.05, 0.1) is 0 Å². The molecular weight excluding hydrogens is 191 g/mol. The summed E-state index contributed by atoms with van der Waals surface area (Å²) in [5, 5.41) is 0. The van der Waals surface area contributed by atoms with Crippen molar-refractivity contribution in [2.45, 2.75) is 59.3 Å². The van der Waals surface area contributed by atoms with Gasteiger partial charge < -0.3 is 0 Å². The van der Waals surface area contributed by atoms with E-state index in [2.05, 4.69) is 61.5 Å². The highest BCUT2D eigenvalue weighted by Crippen LogP contribution is 2.24. The smallest absolute Gasteiger partial charge is 0.0822 e. The van der Waals surface area contributed by atoms with Crippen LogP contribution in [0.3, 0.4) is 0 Å². The SMILES string of the molecule is Bc1c(C(C)C)cc(C(C)C)cc1C(C)C. The number of benzene rings is 1. The highest BCUT2D eigenvalue weighted by Gasteiger charge is 2.13. The van der Waals surface area contributed by atoms with Crippen molar-refractivity contribution < 1.29 is 0 Å². The Labute approximate surface area is 102 Å². The molecule has 0 radical (unpaired) electrons. The fourth-order valence-corrected chi connectivity index (χ4v) is 2.32. The summed E-state index contributed by atoms with van der Waals surface area (Å²) in [4.78, 5) is 0. The molecule has 0 saturated heterocycles. The minimum absolute atomic E-state index is 0.621. The fraction of sp³-hybridized carbons (Fsp3) is 0.600. The molecule has 0 nitrogen and oxygen atoms in total. The monoisotopic (exact) mass is 216 g/mol. The van der Waals surface area contributed by atoms with Gasteiger partial charge in [-0.15, -0.1) is 0 Å². The standard InChI is InChI=1S/C15H25B/c1-9(2)12-7-13(10(3)4)15(16)14(8-12)11(5)6/h7-11H,16H2,1-6H3. The van der Waals surface area contributed by atoms with E-state index in [0.717, 1.165) is 0 Å². The van der Waals surface area contributed by atoms with Crippen molar-refractivity contribution in [3.05, 3.63) is 28.8 Å². The van der Waals surface area contributed by atoms with Crippen LogP contribution in [0, 0.1) is 0 Å². The fourth-order valence-electron chi connectivity index (χ4n) is 2.32. The molecule has 0 N–H and O–H groups in total. The average molecular weight is 216 g/mol. The second kappa shape index (κ2) is 5.08. The minimum atomic E-state index is 0.621. The van der Waals surface area contributed by atoms with Crippen LogP contribution >= 0.6 is 0 Å². The molecular formula is C15H25B. The van der Waals surface area contributed by atoms with Crippen LogP contribution in [0.25, 0.3) is 0 Å². The first-order chi connectivity index (χ1) is 7.34. The van der Waals surface area contributed by atoms with Gasteiger partial charge in [-0.1, -0.05) is 70.3 Å². The van der Waals surface area contributed by atoms with Crippen molar-refractivity contribution in [1.82, 2.24) is 0 Å². The van der Waals surface area contributed by atoms with E-state index in [1.54, 1.807) is 0 Å². The van der Waals surface area contributed by atoms with Gasteiger partial charge in [0, 0.05) is 0 Å². The van der Waals surface area contributed by atoms with E-state index in [1.165, 1.54) is 22.2 Å². The highest BCUT2D eigenvalue weighted by atomic mass is 14.2. The molecule has 0 atom stereocenters. The molecule has 88 valence electrons. The third kappa shape index (κ3) is 2.69. The van der Waals surface area contributed by atoms with Crippen molar-refractivity contribution in [3.63, 3.8) is 0 Å². The molecule has 0 spiro atoms. The topological polar surface area (TPSA) is 0 Å². The minimum Gasteiger partial charge on any atom is -0.0822 e. The zero-order valence-electron chi connectivity index (χ0n) is 11.9. The van der Waals surface area contributed by atoms with Crippen LogP contribution in [0.4, 0.5) is 0 Å². The summed E-state index contributed by atoms with van der Waals surface area (Å²) in [6.45, 7) is 13.7. The lowest BCUT2D eigenvalue weighted by Crippen LogP contribution is -2.19. The highest BCUT2D eigenvalue weighted by molar-refractivity contribution is 6.34. The van der Waals surface area contributed by atoms with Crippen molar-refractivity contribution >= 4 is 13.3 Å². The van der Waals surface area contributed by atoms with Crippen molar-refractivity contribution in [2.75, 3.05) is 0 Å². The van der Waals surface area contributed by atoms with Crippen molar-refractivity contribution in [1.29, 1.82) is 0 Å². The molecule has 0 saturated carbocycles. The van der Waals surface area contributed by atoms with Gasteiger partial charge in [0.25, 0.3) is 0 Å². The zero-order chi connectivity index (χ0) is 12.5. The Kier molecular flexibility index (Phi) is 4.24. The van der Waals surface area contributed by atoms with Gasteiger partial charge in [0.2, 0.25) is 0 Å². The largest absolute Gasteiger partial charge is 0.140 e. The molecule has 1 aromatic rings. The Bertz CT molecular complexity index is 333. The molecule has 0 aliphatic heterocycles. The van der Waals surface area contributed by atoms with Crippen molar-refractivity contribution in [3.8, 4) is 0 Å². The lowest BCUT2D eigenvalue weighted by molar-refractivity contribution is 0.813. The van der Waals surface area contributed by atoms with E-state index in [1.807, 2.05) is 0 Å². The third-order valence-electron chi connectivity index (χ3n) is 3.42. The molecule has 0 unspecified atom stereocenters. The molecule has 0 fully saturated rings. The van der Waals surface area contributed by atoms with Crippen LogP contribution in [0.5, 0.6) is 0 Å². The van der Waals surface area contributed by atoms with E-state index >= 15 is 0 Å². The second-order valence-corrected chi connectivity index (χ2v) is 5.79. The molecule has 0 aromatic heterocycles. The molecule has 1 rings (SSSR count). The predicted octanol–water partition coefficient (Wildman–Crippen LogP) is 3.32. The van der Waals surface area contributed by atoms with Crippen LogP contribution in [-0.4, -0.2) is 7.85 Å². The van der Waals surface area contributed by atoms with E-state index in [-0.39, 0.29) is 0 Å². The maximum Gasteiger partial charge on any atom is 0.140 e. The van der Waals surface area contributed by atoms with Gasteiger partial charge in [-0.3, -0.25) is 0 Å². The first-order valence-electron chi connectivity index (χ1n) is 6.48. The van der Waals surface area contributed by atoms with Crippen LogP contribution in [-0.2, 0) is 0 Å². The predicted molar refractivity (Wildman–Crippen MR) is 76.9 cm³/mol. The van der Waals surface area contributed by atoms with Crippen LogP contribution in [0.2, 0.25) is 0 Å². The van der Waals surface area contributed by atoms with Crippen LogP contribution < -0.4 is 5.46 Å². The molecule has 0 aliphatic carbocycles. The first kappa shape index (κ1) is 13.4. The summed E-state index contributed by atoms with van der Waals surface area (Å²) in [6.07, 6.45) is 0. The summed E-state index contributed by atoms with van der Waals surface area (Å²) in [5.74, 6) is 1.86. The summed E-state index contributed by atoms with van der Waals surface area (Å²) >= 11 is 0. The van der Waals surface area contributed by atoms with E-state index in [4.69, 9.17) is 0 Å². The molecule has 0 bridgehead atoms. The zero-order valence-corrected chi connectivity index (χ0v) is 11.9. The maximum absolute atomic E-state index is 2.40. The summed E-state index contributed by atoms with van der Waals surface area (Å²) < 4.78 is 0. The van der Waals surface area contributed by atoms with E-state index in [9.17, 15) is 0 Å². The van der Waals surface area contributed by atoms with E-state index in [0.29, 0.717) is 17.8 Å². The maximum atomic E-state index is 2.40. The summed E-state index contributed by atoms with van der Waals surface area (Å²) in [5.41, 5.74) is 6.03. The van der Waals surface area contributed by atoms with Gasteiger partial charge in [-0.25, -0.2) is 0 Å². The first-order valence-corrected chi connectivity index (χ1v) is 6.48. The number of rotatable bonds is 3. The van der Waals surface area contributed by atoms with Gasteiger partial charge in [0.15, 0.2) is 0 Å². The lowest BCUT2D eigenvalue weighted by atomic mass is 9.76. The Morgan fingerprint density at radius 3 is 1.38 bits per heavy atom. The van der Waals surface area contributed by atoms with E-state index < -0.39 is 0 Å². The molecule has 0 aliphatic rings. The molecule has 16 heavy (non-hydrogen) atoms. The van der Waals surface area contributed by atoms with Gasteiger partial charge in [-0.2, -0.15) is 0 Å². The molecule has 1 heteroatoms.